The number of rotatable bonds is 3. The van der Waals surface area contributed by atoms with Crippen molar-refractivity contribution in [1.82, 2.24) is 20.2 Å². The lowest BCUT2D eigenvalue weighted by atomic mass is 10.1. The molecule has 0 saturated carbocycles. The van der Waals surface area contributed by atoms with Crippen LogP contribution in [0.3, 0.4) is 0 Å². The molecule has 2 N–H and O–H groups in total. The van der Waals surface area contributed by atoms with Crippen molar-refractivity contribution >= 4 is 17.8 Å². The number of anilines is 1. The number of piperazine rings is 1. The third-order valence-corrected chi connectivity index (χ3v) is 3.39. The Morgan fingerprint density at radius 3 is 2.76 bits per heavy atom. The Morgan fingerprint density at radius 1 is 1.48 bits per heavy atom. The Labute approximate surface area is 122 Å². The van der Waals surface area contributed by atoms with Gasteiger partial charge in [0.25, 0.3) is 5.91 Å². The highest BCUT2D eigenvalue weighted by molar-refractivity contribution is 5.97. The SMILES string of the molecule is Cc1nc(N(C)C)ncc1C(=O)N1CCNC[C@H]1C(=O)O. The molecule has 2 rings (SSSR count). The second-order valence-electron chi connectivity index (χ2n) is 5.12. The van der Waals surface area contributed by atoms with Crippen LogP contribution in [-0.2, 0) is 4.79 Å². The summed E-state index contributed by atoms with van der Waals surface area (Å²) in [6.07, 6.45) is 1.46. The summed E-state index contributed by atoms with van der Waals surface area (Å²) in [6.45, 7) is 2.90. The number of aliphatic carboxylic acids is 1. The van der Waals surface area contributed by atoms with Gasteiger partial charge in [-0.3, -0.25) is 4.79 Å². The number of hydrogen-bond donors (Lipinski definition) is 2. The van der Waals surface area contributed by atoms with E-state index >= 15 is 0 Å². The summed E-state index contributed by atoms with van der Waals surface area (Å²) < 4.78 is 0. The van der Waals surface area contributed by atoms with Crippen molar-refractivity contribution in [3.05, 3.63) is 17.5 Å². The van der Waals surface area contributed by atoms with Crippen molar-refractivity contribution in [3.8, 4) is 0 Å². The molecular weight excluding hydrogens is 274 g/mol. The summed E-state index contributed by atoms with van der Waals surface area (Å²) in [5, 5.41) is 12.2. The van der Waals surface area contributed by atoms with E-state index in [2.05, 4.69) is 15.3 Å². The van der Waals surface area contributed by atoms with Crippen LogP contribution < -0.4 is 10.2 Å². The molecule has 0 spiro atoms. The maximum atomic E-state index is 12.6. The number of nitrogens with one attached hydrogen (secondary N) is 1. The first-order valence-corrected chi connectivity index (χ1v) is 6.67. The number of hydrogen-bond acceptors (Lipinski definition) is 6. The first-order chi connectivity index (χ1) is 9.91. The van der Waals surface area contributed by atoms with Gasteiger partial charge < -0.3 is 20.2 Å². The maximum Gasteiger partial charge on any atom is 0.327 e. The molecule has 21 heavy (non-hydrogen) atoms. The van der Waals surface area contributed by atoms with Crippen LogP contribution in [0.15, 0.2) is 6.20 Å². The minimum absolute atomic E-state index is 0.247. The van der Waals surface area contributed by atoms with E-state index in [1.165, 1.54) is 11.1 Å². The Morgan fingerprint density at radius 2 is 2.19 bits per heavy atom. The Kier molecular flexibility index (Phi) is 4.37. The van der Waals surface area contributed by atoms with Crippen molar-refractivity contribution in [2.45, 2.75) is 13.0 Å². The zero-order chi connectivity index (χ0) is 15.6. The number of aromatic nitrogens is 2. The monoisotopic (exact) mass is 293 g/mol. The van der Waals surface area contributed by atoms with Gasteiger partial charge in [-0.15, -0.1) is 0 Å². The van der Waals surface area contributed by atoms with Gasteiger partial charge in [-0.05, 0) is 6.92 Å². The Balaban J connectivity index is 2.28. The molecule has 1 atom stereocenters. The standard InChI is InChI=1S/C13H19N5O3/c1-8-9(6-15-13(16-8)17(2)3)11(19)18-5-4-14-7-10(18)12(20)21/h6,10,14H,4-5,7H2,1-3H3,(H,20,21)/t10-/m0/s1. The number of carbonyl (C=O) groups is 2. The fourth-order valence-corrected chi connectivity index (χ4v) is 2.20. The van der Waals surface area contributed by atoms with Crippen LogP contribution in [0.2, 0.25) is 0 Å². The Hall–Kier alpha value is -2.22. The predicted octanol–water partition coefficient (Wildman–Crippen LogP) is -0.650. The van der Waals surface area contributed by atoms with Crippen LogP contribution in [0.5, 0.6) is 0 Å². The highest BCUT2D eigenvalue weighted by atomic mass is 16.4. The molecule has 1 aromatic heterocycles. The molecule has 8 nitrogen and oxygen atoms in total. The average molecular weight is 293 g/mol. The van der Waals surface area contributed by atoms with Crippen molar-refractivity contribution in [3.63, 3.8) is 0 Å². The smallest absolute Gasteiger partial charge is 0.327 e. The first kappa shape index (κ1) is 15.2. The van der Waals surface area contributed by atoms with Gasteiger partial charge in [0.05, 0.1) is 11.3 Å². The molecule has 114 valence electrons. The van der Waals surface area contributed by atoms with Gasteiger partial charge >= 0.3 is 5.97 Å². The quantitative estimate of drug-likeness (QED) is 0.764. The summed E-state index contributed by atoms with van der Waals surface area (Å²) in [7, 11) is 3.63. The van der Waals surface area contributed by atoms with Gasteiger partial charge in [-0.2, -0.15) is 0 Å². The van der Waals surface area contributed by atoms with E-state index in [0.717, 1.165) is 0 Å². The molecule has 0 aliphatic carbocycles. The van der Waals surface area contributed by atoms with E-state index in [-0.39, 0.29) is 12.5 Å². The van der Waals surface area contributed by atoms with Crippen LogP contribution in [-0.4, -0.2) is 71.6 Å². The normalized spacial score (nSPS) is 18.4. The molecule has 1 saturated heterocycles. The lowest BCUT2D eigenvalue weighted by Crippen LogP contribution is -2.57. The molecule has 1 aliphatic heterocycles. The molecular formula is C13H19N5O3. The van der Waals surface area contributed by atoms with Gasteiger partial charge in [-0.25, -0.2) is 14.8 Å². The van der Waals surface area contributed by atoms with Crippen molar-refractivity contribution in [2.75, 3.05) is 38.6 Å². The summed E-state index contributed by atoms with van der Waals surface area (Å²) >= 11 is 0. The molecule has 8 heteroatoms. The maximum absolute atomic E-state index is 12.6. The average Bonchev–Trinajstić information content (AvgIpc) is 2.46. The van der Waals surface area contributed by atoms with Crippen LogP contribution in [0.25, 0.3) is 0 Å². The van der Waals surface area contributed by atoms with Crippen molar-refractivity contribution < 1.29 is 14.7 Å². The van der Waals surface area contributed by atoms with Gasteiger partial charge in [0.2, 0.25) is 5.95 Å². The van der Waals surface area contributed by atoms with Gasteiger partial charge in [0.15, 0.2) is 0 Å². The highest BCUT2D eigenvalue weighted by Gasteiger charge is 2.33. The minimum atomic E-state index is -1.01. The lowest BCUT2D eigenvalue weighted by molar-refractivity contribution is -0.142. The number of carboxylic acids is 1. The number of amides is 1. The molecule has 0 unspecified atom stereocenters. The summed E-state index contributed by atoms with van der Waals surface area (Å²) in [5.74, 6) is -0.843. The van der Waals surface area contributed by atoms with Crippen molar-refractivity contribution in [1.29, 1.82) is 0 Å². The molecule has 1 aromatic rings. The first-order valence-electron chi connectivity index (χ1n) is 6.67. The van der Waals surface area contributed by atoms with E-state index < -0.39 is 12.0 Å². The second-order valence-corrected chi connectivity index (χ2v) is 5.12. The van der Waals surface area contributed by atoms with Gasteiger partial charge in [0, 0.05) is 39.9 Å². The topological polar surface area (TPSA) is 98.7 Å². The third-order valence-electron chi connectivity index (χ3n) is 3.39. The lowest BCUT2D eigenvalue weighted by Gasteiger charge is -2.33. The second kappa shape index (κ2) is 6.04. The number of aryl methyl sites for hydroxylation is 1. The largest absolute Gasteiger partial charge is 0.480 e. The van der Waals surface area contributed by atoms with Crippen LogP contribution in [0.4, 0.5) is 5.95 Å². The van der Waals surface area contributed by atoms with Crippen LogP contribution in [0.1, 0.15) is 16.1 Å². The van der Waals surface area contributed by atoms with E-state index in [1.807, 2.05) is 14.1 Å². The summed E-state index contributed by atoms with van der Waals surface area (Å²) in [4.78, 5) is 35.3. The molecule has 1 fully saturated rings. The molecule has 0 bridgehead atoms. The summed E-state index contributed by atoms with van der Waals surface area (Å²) in [5.41, 5.74) is 0.884. The van der Waals surface area contributed by atoms with Gasteiger partial charge in [-0.1, -0.05) is 0 Å². The summed E-state index contributed by atoms with van der Waals surface area (Å²) in [6, 6.07) is -0.862. The number of carbonyl (C=O) groups excluding carboxylic acids is 1. The minimum Gasteiger partial charge on any atom is -0.480 e. The fourth-order valence-electron chi connectivity index (χ4n) is 2.20. The van der Waals surface area contributed by atoms with E-state index in [9.17, 15) is 14.7 Å². The number of nitrogens with zero attached hydrogens (tertiary/aromatic N) is 4. The highest BCUT2D eigenvalue weighted by Crippen LogP contribution is 2.15. The molecule has 2 heterocycles. The van der Waals surface area contributed by atoms with Crippen molar-refractivity contribution in [2.24, 2.45) is 0 Å². The molecule has 1 aliphatic rings. The third kappa shape index (κ3) is 3.10. The zero-order valence-electron chi connectivity index (χ0n) is 12.3. The zero-order valence-corrected chi connectivity index (χ0v) is 12.3. The van der Waals surface area contributed by atoms with Crippen LogP contribution in [0, 0.1) is 6.92 Å². The van der Waals surface area contributed by atoms with Gasteiger partial charge in [0.1, 0.15) is 6.04 Å². The number of carboxylic acid groups (broad SMARTS) is 1. The molecule has 1 amide bonds. The van der Waals surface area contributed by atoms with E-state index in [1.54, 1.807) is 11.8 Å². The Bertz CT molecular complexity index is 561. The van der Waals surface area contributed by atoms with E-state index in [0.29, 0.717) is 30.3 Å². The molecule has 0 aromatic carbocycles. The van der Waals surface area contributed by atoms with Crippen LogP contribution >= 0.6 is 0 Å². The van der Waals surface area contributed by atoms with E-state index in [4.69, 9.17) is 0 Å². The molecule has 0 radical (unpaired) electrons. The fraction of sp³-hybridized carbons (Fsp3) is 0.538. The predicted molar refractivity (Wildman–Crippen MR) is 76.4 cm³/mol.